The van der Waals surface area contributed by atoms with Crippen LogP contribution in [-0.2, 0) is 0 Å². The van der Waals surface area contributed by atoms with Gasteiger partial charge in [0.2, 0.25) is 0 Å². The SMILES string of the molecule is Fc1cc(Br)c(Cl)cc1C(Cl)c1cccc(F)c1Cl. The first kappa shape index (κ1) is 15.0. The molecule has 0 saturated carbocycles. The van der Waals surface area contributed by atoms with Crippen LogP contribution in [0.25, 0.3) is 0 Å². The minimum atomic E-state index is -0.922. The Labute approximate surface area is 132 Å². The molecule has 2 rings (SSSR count). The van der Waals surface area contributed by atoms with Crippen LogP contribution in [0, 0.1) is 11.6 Å². The molecule has 0 saturated heterocycles. The molecular weight excluding hydrogens is 380 g/mol. The van der Waals surface area contributed by atoms with E-state index in [-0.39, 0.29) is 10.6 Å². The van der Waals surface area contributed by atoms with Gasteiger partial charge >= 0.3 is 0 Å². The van der Waals surface area contributed by atoms with Crippen molar-refractivity contribution < 1.29 is 8.78 Å². The van der Waals surface area contributed by atoms with Crippen molar-refractivity contribution in [2.45, 2.75) is 5.38 Å². The molecule has 0 radical (unpaired) electrons. The summed E-state index contributed by atoms with van der Waals surface area (Å²) in [5.74, 6) is -1.15. The normalized spacial score (nSPS) is 12.5. The molecule has 2 aromatic rings. The van der Waals surface area contributed by atoms with Crippen LogP contribution in [0.4, 0.5) is 8.78 Å². The molecule has 2 aromatic carbocycles. The number of hydrogen-bond donors (Lipinski definition) is 0. The highest BCUT2D eigenvalue weighted by molar-refractivity contribution is 9.10. The summed E-state index contributed by atoms with van der Waals surface area (Å²) in [4.78, 5) is 0. The van der Waals surface area contributed by atoms with Gasteiger partial charge in [-0.2, -0.15) is 0 Å². The topological polar surface area (TPSA) is 0 Å². The summed E-state index contributed by atoms with van der Waals surface area (Å²) < 4.78 is 27.7. The van der Waals surface area contributed by atoms with Crippen molar-refractivity contribution in [1.29, 1.82) is 0 Å². The monoisotopic (exact) mass is 384 g/mol. The fourth-order valence-corrected chi connectivity index (χ4v) is 2.74. The Balaban J connectivity index is 2.53. The molecule has 0 heterocycles. The van der Waals surface area contributed by atoms with Gasteiger partial charge in [0.1, 0.15) is 11.6 Å². The van der Waals surface area contributed by atoms with E-state index in [0.717, 1.165) is 0 Å². The summed E-state index contributed by atoms with van der Waals surface area (Å²) in [7, 11) is 0. The van der Waals surface area contributed by atoms with Crippen molar-refractivity contribution >= 4 is 50.7 Å². The van der Waals surface area contributed by atoms with Crippen LogP contribution in [0.5, 0.6) is 0 Å². The third-order valence-electron chi connectivity index (χ3n) is 2.57. The van der Waals surface area contributed by atoms with Crippen LogP contribution in [0.2, 0.25) is 10.0 Å². The van der Waals surface area contributed by atoms with Gasteiger partial charge in [0, 0.05) is 10.0 Å². The first-order chi connectivity index (χ1) is 8.91. The van der Waals surface area contributed by atoms with Crippen LogP contribution < -0.4 is 0 Å². The summed E-state index contributed by atoms with van der Waals surface area (Å²) in [5, 5.41) is -0.732. The van der Waals surface area contributed by atoms with Crippen LogP contribution >= 0.6 is 50.7 Å². The van der Waals surface area contributed by atoms with Crippen molar-refractivity contribution in [2.24, 2.45) is 0 Å². The minimum absolute atomic E-state index is 0.124. The molecule has 0 fully saturated rings. The van der Waals surface area contributed by atoms with E-state index in [4.69, 9.17) is 34.8 Å². The standard InChI is InChI=1S/C13H6BrCl3F2/c14-8-5-11(19)7(4-9(8)15)12(16)6-2-1-3-10(18)13(6)17/h1-5,12H. The van der Waals surface area contributed by atoms with Gasteiger partial charge in [-0.3, -0.25) is 0 Å². The highest BCUT2D eigenvalue weighted by Crippen LogP contribution is 2.38. The first-order valence-corrected chi connectivity index (χ1v) is 7.12. The lowest BCUT2D eigenvalue weighted by atomic mass is 10.0. The van der Waals surface area contributed by atoms with Gasteiger partial charge in [-0.15, -0.1) is 11.6 Å². The molecule has 0 nitrogen and oxygen atoms in total. The Kier molecular flexibility index (Phi) is 4.72. The second-order valence-corrected chi connectivity index (χ2v) is 5.87. The van der Waals surface area contributed by atoms with Gasteiger partial charge in [-0.25, -0.2) is 8.78 Å². The van der Waals surface area contributed by atoms with Gasteiger partial charge < -0.3 is 0 Å². The van der Waals surface area contributed by atoms with Crippen molar-refractivity contribution in [3.8, 4) is 0 Å². The van der Waals surface area contributed by atoms with E-state index in [1.807, 2.05) is 0 Å². The van der Waals surface area contributed by atoms with Crippen LogP contribution in [0.1, 0.15) is 16.5 Å². The lowest BCUT2D eigenvalue weighted by Crippen LogP contribution is -1.99. The molecule has 0 aliphatic rings. The second-order valence-electron chi connectivity index (χ2n) is 3.79. The summed E-state index contributed by atoms with van der Waals surface area (Å²) in [5.41, 5.74) is 0.433. The van der Waals surface area contributed by atoms with E-state index in [9.17, 15) is 8.78 Å². The third-order valence-corrected chi connectivity index (χ3v) is 4.63. The van der Waals surface area contributed by atoms with Gasteiger partial charge in [0.15, 0.2) is 0 Å². The van der Waals surface area contributed by atoms with Crippen molar-refractivity contribution in [1.82, 2.24) is 0 Å². The third kappa shape index (κ3) is 3.05. The maximum Gasteiger partial charge on any atom is 0.142 e. The molecule has 1 unspecified atom stereocenters. The van der Waals surface area contributed by atoms with Crippen LogP contribution in [0.3, 0.4) is 0 Å². The molecule has 100 valence electrons. The molecule has 0 N–H and O–H groups in total. The molecule has 0 amide bonds. The Morgan fingerprint density at radius 2 is 1.68 bits per heavy atom. The van der Waals surface area contributed by atoms with Crippen molar-refractivity contribution in [3.05, 3.63) is 67.6 Å². The van der Waals surface area contributed by atoms with Crippen LogP contribution in [0.15, 0.2) is 34.8 Å². The Hall–Kier alpha value is -0.350. The Bertz CT molecular complexity index is 632. The fourth-order valence-electron chi connectivity index (χ4n) is 1.62. The van der Waals surface area contributed by atoms with E-state index in [2.05, 4.69) is 15.9 Å². The number of alkyl halides is 1. The zero-order chi connectivity index (χ0) is 14.2. The molecule has 19 heavy (non-hydrogen) atoms. The molecule has 1 atom stereocenters. The smallest absolute Gasteiger partial charge is 0.142 e. The zero-order valence-corrected chi connectivity index (χ0v) is 13.1. The molecule has 0 spiro atoms. The Morgan fingerprint density at radius 1 is 1.00 bits per heavy atom. The number of rotatable bonds is 2. The largest absolute Gasteiger partial charge is 0.207 e. The molecule has 0 bridgehead atoms. The number of halogens is 6. The van der Waals surface area contributed by atoms with Gasteiger partial charge in [-0.05, 0) is 39.7 Å². The Morgan fingerprint density at radius 3 is 2.37 bits per heavy atom. The molecular formula is C13H6BrCl3F2. The highest BCUT2D eigenvalue weighted by Gasteiger charge is 2.21. The minimum Gasteiger partial charge on any atom is -0.207 e. The average molecular weight is 386 g/mol. The van der Waals surface area contributed by atoms with E-state index >= 15 is 0 Å². The summed E-state index contributed by atoms with van der Waals surface area (Å²) >= 11 is 21.0. The maximum atomic E-state index is 13.9. The predicted octanol–water partition coefficient (Wildman–Crippen LogP) is 6.36. The first-order valence-electron chi connectivity index (χ1n) is 5.14. The van der Waals surface area contributed by atoms with Gasteiger partial charge in [0.05, 0.1) is 15.4 Å². The van der Waals surface area contributed by atoms with E-state index in [0.29, 0.717) is 15.1 Å². The van der Waals surface area contributed by atoms with E-state index in [1.165, 1.54) is 24.3 Å². The van der Waals surface area contributed by atoms with Crippen molar-refractivity contribution in [2.75, 3.05) is 0 Å². The van der Waals surface area contributed by atoms with Crippen LogP contribution in [-0.4, -0.2) is 0 Å². The lowest BCUT2D eigenvalue weighted by Gasteiger charge is -2.14. The number of benzene rings is 2. The number of hydrogen-bond acceptors (Lipinski definition) is 0. The van der Waals surface area contributed by atoms with E-state index < -0.39 is 17.0 Å². The molecule has 0 aromatic heterocycles. The van der Waals surface area contributed by atoms with Gasteiger partial charge in [-0.1, -0.05) is 35.3 Å². The fraction of sp³-hybridized carbons (Fsp3) is 0.0769. The average Bonchev–Trinajstić information content (AvgIpc) is 2.36. The molecule has 0 aliphatic heterocycles. The lowest BCUT2D eigenvalue weighted by molar-refractivity contribution is 0.609. The van der Waals surface area contributed by atoms with E-state index in [1.54, 1.807) is 6.07 Å². The summed E-state index contributed by atoms with van der Waals surface area (Å²) in [6.45, 7) is 0. The molecule has 6 heteroatoms. The summed E-state index contributed by atoms with van der Waals surface area (Å²) in [6, 6.07) is 6.81. The second kappa shape index (κ2) is 5.96. The maximum absolute atomic E-state index is 13.9. The quantitative estimate of drug-likeness (QED) is 0.416. The molecule has 0 aliphatic carbocycles. The van der Waals surface area contributed by atoms with Gasteiger partial charge in [0.25, 0.3) is 0 Å². The summed E-state index contributed by atoms with van der Waals surface area (Å²) in [6.07, 6.45) is 0. The van der Waals surface area contributed by atoms with Crippen molar-refractivity contribution in [3.63, 3.8) is 0 Å². The highest BCUT2D eigenvalue weighted by atomic mass is 79.9. The predicted molar refractivity (Wildman–Crippen MR) is 78.2 cm³/mol. The zero-order valence-electron chi connectivity index (χ0n) is 9.23.